The number of likely N-dealkylation sites (N-methyl/N-ethyl adjacent to an activating group) is 2. The van der Waals surface area contributed by atoms with Crippen LogP contribution in [0.15, 0.2) is 30.5 Å². The summed E-state index contributed by atoms with van der Waals surface area (Å²) in [4.78, 5) is 28.0. The molecule has 0 aliphatic heterocycles. The van der Waals surface area contributed by atoms with Crippen molar-refractivity contribution in [2.45, 2.75) is 0 Å². The predicted octanol–water partition coefficient (Wildman–Crippen LogP) is 0.986. The van der Waals surface area contributed by atoms with E-state index >= 15 is 0 Å². The van der Waals surface area contributed by atoms with Gasteiger partial charge in [-0.05, 0) is 18.2 Å². The zero-order chi connectivity index (χ0) is 13.1. The number of hydrogen-bond acceptors (Lipinski definition) is 2. The first kappa shape index (κ1) is 12.2. The minimum atomic E-state index is -0.188. The van der Waals surface area contributed by atoms with Crippen LogP contribution in [0.25, 0.3) is 10.9 Å². The van der Waals surface area contributed by atoms with Gasteiger partial charge in [0.2, 0.25) is 5.91 Å². The Bertz CT molecular complexity index is 589. The molecule has 0 atom stereocenters. The summed E-state index contributed by atoms with van der Waals surface area (Å²) in [6, 6.07) is 7.35. The van der Waals surface area contributed by atoms with E-state index in [1.165, 1.54) is 4.90 Å². The monoisotopic (exact) mass is 245 g/mol. The van der Waals surface area contributed by atoms with Gasteiger partial charge >= 0.3 is 0 Å². The molecule has 1 aromatic heterocycles. The van der Waals surface area contributed by atoms with Gasteiger partial charge < -0.3 is 15.2 Å². The Morgan fingerprint density at radius 1 is 1.33 bits per heavy atom. The van der Waals surface area contributed by atoms with Crippen molar-refractivity contribution in [3.05, 3.63) is 36.0 Å². The number of hydrogen-bond donors (Lipinski definition) is 2. The Kier molecular flexibility index (Phi) is 3.32. The largest absolute Gasteiger partial charge is 0.361 e. The van der Waals surface area contributed by atoms with E-state index in [0.717, 1.165) is 10.9 Å². The van der Waals surface area contributed by atoms with Crippen LogP contribution in [0.1, 0.15) is 10.4 Å². The quantitative estimate of drug-likeness (QED) is 0.846. The summed E-state index contributed by atoms with van der Waals surface area (Å²) >= 11 is 0. The van der Waals surface area contributed by atoms with Crippen molar-refractivity contribution in [3.63, 3.8) is 0 Å². The van der Waals surface area contributed by atoms with Crippen molar-refractivity contribution in [3.8, 4) is 0 Å². The molecule has 0 radical (unpaired) electrons. The van der Waals surface area contributed by atoms with Gasteiger partial charge in [-0.2, -0.15) is 0 Å². The molecule has 0 fully saturated rings. The SMILES string of the molecule is CNC(=O)CN(C)C(=O)c1cccc2[nH]ccc12. The highest BCUT2D eigenvalue weighted by Crippen LogP contribution is 2.18. The maximum Gasteiger partial charge on any atom is 0.254 e. The zero-order valence-electron chi connectivity index (χ0n) is 10.4. The summed E-state index contributed by atoms with van der Waals surface area (Å²) in [7, 11) is 3.16. The fraction of sp³-hybridized carbons (Fsp3) is 0.231. The Labute approximate surface area is 105 Å². The van der Waals surface area contributed by atoms with Gasteiger partial charge in [-0.25, -0.2) is 0 Å². The smallest absolute Gasteiger partial charge is 0.254 e. The van der Waals surface area contributed by atoms with Gasteiger partial charge in [0.1, 0.15) is 0 Å². The number of aromatic nitrogens is 1. The van der Waals surface area contributed by atoms with Gasteiger partial charge in [-0.15, -0.1) is 0 Å². The van der Waals surface area contributed by atoms with Gasteiger partial charge in [-0.3, -0.25) is 9.59 Å². The second-order valence-corrected chi connectivity index (χ2v) is 4.08. The van der Waals surface area contributed by atoms with E-state index in [-0.39, 0.29) is 18.4 Å². The summed E-state index contributed by atoms with van der Waals surface area (Å²) in [6.45, 7) is 0.0517. The Morgan fingerprint density at radius 2 is 2.11 bits per heavy atom. The highest BCUT2D eigenvalue weighted by atomic mass is 16.2. The highest BCUT2D eigenvalue weighted by molar-refractivity contribution is 6.07. The molecule has 18 heavy (non-hydrogen) atoms. The molecule has 0 aliphatic carbocycles. The molecule has 0 saturated heterocycles. The lowest BCUT2D eigenvalue weighted by molar-refractivity contribution is -0.121. The van der Waals surface area contributed by atoms with E-state index in [1.54, 1.807) is 26.4 Å². The summed E-state index contributed by atoms with van der Waals surface area (Å²) < 4.78 is 0. The van der Waals surface area contributed by atoms with Crippen molar-refractivity contribution in [2.75, 3.05) is 20.6 Å². The molecule has 2 rings (SSSR count). The third-order valence-corrected chi connectivity index (χ3v) is 2.83. The van der Waals surface area contributed by atoms with E-state index in [9.17, 15) is 9.59 Å². The first-order valence-corrected chi connectivity index (χ1v) is 5.65. The van der Waals surface area contributed by atoms with Crippen molar-refractivity contribution in [1.82, 2.24) is 15.2 Å². The minimum absolute atomic E-state index is 0.0517. The van der Waals surface area contributed by atoms with E-state index < -0.39 is 0 Å². The van der Waals surface area contributed by atoms with Gasteiger partial charge in [0.25, 0.3) is 5.91 Å². The van der Waals surface area contributed by atoms with Crippen LogP contribution >= 0.6 is 0 Å². The third kappa shape index (κ3) is 2.20. The molecule has 5 nitrogen and oxygen atoms in total. The molecule has 0 spiro atoms. The second-order valence-electron chi connectivity index (χ2n) is 4.08. The molecular formula is C13H15N3O2. The number of benzene rings is 1. The number of amides is 2. The van der Waals surface area contributed by atoms with Gasteiger partial charge in [-0.1, -0.05) is 6.07 Å². The lowest BCUT2D eigenvalue weighted by Gasteiger charge is -2.16. The van der Waals surface area contributed by atoms with Crippen LogP contribution in [-0.2, 0) is 4.79 Å². The van der Waals surface area contributed by atoms with Crippen LogP contribution in [0.4, 0.5) is 0 Å². The molecule has 2 amide bonds. The maximum absolute atomic E-state index is 12.2. The molecule has 1 heterocycles. The van der Waals surface area contributed by atoms with Crippen molar-refractivity contribution in [1.29, 1.82) is 0 Å². The first-order chi connectivity index (χ1) is 8.63. The standard InChI is InChI=1S/C13H15N3O2/c1-14-12(17)8-16(2)13(18)10-4-3-5-11-9(10)6-7-15-11/h3-7,15H,8H2,1-2H3,(H,14,17). The van der Waals surface area contributed by atoms with Crippen LogP contribution < -0.4 is 5.32 Å². The number of carbonyl (C=O) groups is 2. The third-order valence-electron chi connectivity index (χ3n) is 2.83. The zero-order valence-corrected chi connectivity index (χ0v) is 10.4. The summed E-state index contributed by atoms with van der Waals surface area (Å²) in [5.41, 5.74) is 1.51. The fourth-order valence-corrected chi connectivity index (χ4v) is 1.84. The minimum Gasteiger partial charge on any atom is -0.361 e. The second kappa shape index (κ2) is 4.91. The number of carbonyl (C=O) groups excluding carboxylic acids is 2. The molecule has 0 saturated carbocycles. The number of nitrogens with one attached hydrogen (secondary N) is 2. The molecule has 0 bridgehead atoms. The van der Waals surface area contributed by atoms with Crippen LogP contribution in [0.5, 0.6) is 0 Å². The molecule has 5 heteroatoms. The number of H-pyrrole nitrogens is 1. The molecule has 2 N–H and O–H groups in total. The van der Waals surface area contributed by atoms with Crippen molar-refractivity contribution in [2.24, 2.45) is 0 Å². The highest BCUT2D eigenvalue weighted by Gasteiger charge is 2.16. The summed E-state index contributed by atoms with van der Waals surface area (Å²) in [6.07, 6.45) is 1.79. The number of aromatic amines is 1. The summed E-state index contributed by atoms with van der Waals surface area (Å²) in [5, 5.41) is 3.36. The molecule has 0 aliphatic rings. The van der Waals surface area contributed by atoms with Gasteiger partial charge in [0.05, 0.1) is 6.54 Å². The summed E-state index contributed by atoms with van der Waals surface area (Å²) in [5.74, 6) is -0.351. The van der Waals surface area contributed by atoms with Crippen molar-refractivity contribution >= 4 is 22.7 Å². The Balaban J connectivity index is 2.28. The normalized spacial score (nSPS) is 10.3. The van der Waals surface area contributed by atoms with Gasteiger partial charge in [0, 0.05) is 36.8 Å². The van der Waals surface area contributed by atoms with E-state index in [2.05, 4.69) is 10.3 Å². The Morgan fingerprint density at radius 3 is 2.83 bits per heavy atom. The van der Waals surface area contributed by atoms with Crippen LogP contribution in [0.2, 0.25) is 0 Å². The molecular weight excluding hydrogens is 230 g/mol. The molecule has 94 valence electrons. The fourth-order valence-electron chi connectivity index (χ4n) is 1.84. The van der Waals surface area contributed by atoms with E-state index in [4.69, 9.17) is 0 Å². The molecule has 2 aromatic rings. The van der Waals surface area contributed by atoms with E-state index in [0.29, 0.717) is 5.56 Å². The predicted molar refractivity (Wildman–Crippen MR) is 69.3 cm³/mol. The first-order valence-electron chi connectivity index (χ1n) is 5.65. The lowest BCUT2D eigenvalue weighted by Crippen LogP contribution is -2.36. The topological polar surface area (TPSA) is 65.2 Å². The van der Waals surface area contributed by atoms with Gasteiger partial charge in [0.15, 0.2) is 0 Å². The number of rotatable bonds is 3. The Hall–Kier alpha value is -2.30. The van der Waals surface area contributed by atoms with Crippen LogP contribution in [-0.4, -0.2) is 42.3 Å². The number of fused-ring (bicyclic) bond motifs is 1. The lowest BCUT2D eigenvalue weighted by atomic mass is 10.1. The molecule has 0 unspecified atom stereocenters. The van der Waals surface area contributed by atoms with Crippen LogP contribution in [0.3, 0.4) is 0 Å². The maximum atomic E-state index is 12.2. The average molecular weight is 245 g/mol. The molecule has 1 aromatic carbocycles. The van der Waals surface area contributed by atoms with Crippen molar-refractivity contribution < 1.29 is 9.59 Å². The average Bonchev–Trinajstić information content (AvgIpc) is 2.85. The van der Waals surface area contributed by atoms with Crippen LogP contribution in [0, 0.1) is 0 Å². The number of nitrogens with zero attached hydrogens (tertiary/aromatic N) is 1. The van der Waals surface area contributed by atoms with E-state index in [1.807, 2.05) is 18.2 Å².